The summed E-state index contributed by atoms with van der Waals surface area (Å²) < 4.78 is 6.43. The number of aliphatic hydroxyl groups is 1. The van der Waals surface area contributed by atoms with Crippen LogP contribution in [0.25, 0.3) is 0 Å². The molecule has 1 heterocycles. The maximum atomic E-state index is 12.6. The molecule has 2 aliphatic rings. The fraction of sp³-hybridized carbons (Fsp3) is 0.632. The number of benzene rings is 1. The predicted octanol–water partition coefficient (Wildman–Crippen LogP) is 3.92. The number of hydrogen-bond donors (Lipinski definition) is 1. The topological polar surface area (TPSA) is 46.5 Å². The highest BCUT2D eigenvalue weighted by Crippen LogP contribution is 2.42. The Morgan fingerprint density at radius 1 is 1.22 bits per heavy atom. The van der Waals surface area contributed by atoms with Crippen LogP contribution in [0.15, 0.2) is 16.6 Å². The Kier molecular flexibility index (Phi) is 5.24. The second kappa shape index (κ2) is 7.04. The Bertz CT molecular complexity index is 569. The molecular weight excluding hydrogens is 356 g/mol. The van der Waals surface area contributed by atoms with E-state index in [1.54, 1.807) is 0 Å². The molecule has 3 atom stereocenters. The minimum absolute atomic E-state index is 0.0954. The molecule has 126 valence electrons. The Hall–Kier alpha value is -0.710. The van der Waals surface area contributed by atoms with E-state index in [1.807, 2.05) is 26.0 Å². The zero-order chi connectivity index (χ0) is 16.6. The number of hydrogen-bond acceptors (Lipinski definition) is 3. The van der Waals surface area contributed by atoms with Crippen molar-refractivity contribution in [2.45, 2.75) is 51.6 Å². The van der Waals surface area contributed by atoms with Gasteiger partial charge in [-0.2, -0.15) is 0 Å². The summed E-state index contributed by atoms with van der Waals surface area (Å²) in [7, 11) is 0. The standard InChI is InChI=1S/C19H25BrO3/c1-11-7-15(20)8-12(2)17(11)18-16(21)10-14(19(18)22)9-13-3-5-23-6-4-13/h7-8,13-14,18-19,22H,3-6,9-10H2,1-2H3. The third kappa shape index (κ3) is 3.54. The molecule has 1 aliphatic heterocycles. The number of Topliss-reactive ketones (excluding diaryl/α,β-unsaturated/α-hetero) is 1. The van der Waals surface area contributed by atoms with E-state index in [1.165, 1.54) is 0 Å². The molecule has 0 spiro atoms. The molecule has 1 aromatic carbocycles. The smallest absolute Gasteiger partial charge is 0.143 e. The van der Waals surface area contributed by atoms with Gasteiger partial charge in [0.25, 0.3) is 0 Å². The third-order valence-electron chi connectivity index (χ3n) is 5.48. The number of ether oxygens (including phenoxy) is 1. The molecule has 1 saturated carbocycles. The van der Waals surface area contributed by atoms with Crippen molar-refractivity contribution in [2.24, 2.45) is 11.8 Å². The molecule has 23 heavy (non-hydrogen) atoms. The minimum atomic E-state index is -0.552. The number of halogens is 1. The van der Waals surface area contributed by atoms with Gasteiger partial charge in [0, 0.05) is 24.1 Å². The van der Waals surface area contributed by atoms with Gasteiger partial charge >= 0.3 is 0 Å². The lowest BCUT2D eigenvalue weighted by Gasteiger charge is -2.27. The first-order chi connectivity index (χ1) is 11.0. The molecule has 0 aromatic heterocycles. The molecule has 3 rings (SSSR count). The molecule has 0 bridgehead atoms. The van der Waals surface area contributed by atoms with E-state index >= 15 is 0 Å². The number of carbonyl (C=O) groups excluding carboxylic acids is 1. The Morgan fingerprint density at radius 2 is 1.83 bits per heavy atom. The normalized spacial score (nSPS) is 29.2. The fourth-order valence-electron chi connectivity index (χ4n) is 4.35. The quantitative estimate of drug-likeness (QED) is 0.864. The maximum absolute atomic E-state index is 12.6. The van der Waals surface area contributed by atoms with Crippen LogP contribution in [0.5, 0.6) is 0 Å². The van der Waals surface area contributed by atoms with Crippen LogP contribution in [-0.2, 0) is 9.53 Å². The van der Waals surface area contributed by atoms with E-state index < -0.39 is 6.10 Å². The number of aliphatic hydroxyl groups excluding tert-OH is 1. The molecule has 2 fully saturated rings. The van der Waals surface area contributed by atoms with Gasteiger partial charge in [-0.3, -0.25) is 4.79 Å². The highest BCUT2D eigenvalue weighted by Gasteiger charge is 2.44. The van der Waals surface area contributed by atoms with E-state index in [0.717, 1.165) is 53.6 Å². The van der Waals surface area contributed by atoms with Crippen LogP contribution in [0.2, 0.25) is 0 Å². The first-order valence-electron chi connectivity index (χ1n) is 8.52. The van der Waals surface area contributed by atoms with E-state index in [-0.39, 0.29) is 17.6 Å². The van der Waals surface area contributed by atoms with Crippen molar-refractivity contribution in [1.82, 2.24) is 0 Å². The number of ketones is 1. The van der Waals surface area contributed by atoms with Crippen molar-refractivity contribution >= 4 is 21.7 Å². The molecule has 1 saturated heterocycles. The Morgan fingerprint density at radius 3 is 2.43 bits per heavy atom. The highest BCUT2D eigenvalue weighted by atomic mass is 79.9. The van der Waals surface area contributed by atoms with Crippen molar-refractivity contribution in [3.05, 3.63) is 33.3 Å². The molecule has 1 aliphatic carbocycles. The lowest BCUT2D eigenvalue weighted by molar-refractivity contribution is -0.119. The summed E-state index contributed by atoms with van der Waals surface area (Å²) >= 11 is 3.50. The first kappa shape index (κ1) is 17.1. The van der Waals surface area contributed by atoms with Crippen LogP contribution in [0.3, 0.4) is 0 Å². The first-order valence-corrected chi connectivity index (χ1v) is 9.32. The third-order valence-corrected chi connectivity index (χ3v) is 5.94. The van der Waals surface area contributed by atoms with Crippen molar-refractivity contribution in [2.75, 3.05) is 13.2 Å². The van der Waals surface area contributed by atoms with Crippen molar-refractivity contribution in [3.63, 3.8) is 0 Å². The van der Waals surface area contributed by atoms with Gasteiger partial charge in [0.05, 0.1) is 12.0 Å². The largest absolute Gasteiger partial charge is 0.392 e. The van der Waals surface area contributed by atoms with Crippen LogP contribution >= 0.6 is 15.9 Å². The number of rotatable bonds is 3. The van der Waals surface area contributed by atoms with Gasteiger partial charge < -0.3 is 9.84 Å². The zero-order valence-electron chi connectivity index (χ0n) is 13.8. The summed E-state index contributed by atoms with van der Waals surface area (Å²) in [4.78, 5) is 12.6. The number of aryl methyl sites for hydroxylation is 2. The summed E-state index contributed by atoms with van der Waals surface area (Å²) in [6.45, 7) is 5.68. The van der Waals surface area contributed by atoms with Crippen molar-refractivity contribution in [1.29, 1.82) is 0 Å². The van der Waals surface area contributed by atoms with E-state index in [4.69, 9.17) is 4.74 Å². The summed E-state index contributed by atoms with van der Waals surface area (Å²) in [6, 6.07) is 4.07. The lowest BCUT2D eigenvalue weighted by Crippen LogP contribution is -2.26. The van der Waals surface area contributed by atoms with Gasteiger partial charge in [0.2, 0.25) is 0 Å². The van der Waals surface area contributed by atoms with Gasteiger partial charge in [0.15, 0.2) is 0 Å². The van der Waals surface area contributed by atoms with E-state index in [0.29, 0.717) is 12.3 Å². The molecule has 4 heteroatoms. The van der Waals surface area contributed by atoms with Gasteiger partial charge in [-0.25, -0.2) is 0 Å². The second-order valence-electron chi connectivity index (χ2n) is 7.14. The molecule has 1 aromatic rings. The molecule has 0 amide bonds. The average molecular weight is 381 g/mol. The molecular formula is C19H25BrO3. The van der Waals surface area contributed by atoms with Gasteiger partial charge in [-0.15, -0.1) is 0 Å². The Labute approximate surface area is 146 Å². The second-order valence-corrected chi connectivity index (χ2v) is 8.06. The van der Waals surface area contributed by atoms with Crippen molar-refractivity contribution in [3.8, 4) is 0 Å². The summed E-state index contributed by atoms with van der Waals surface area (Å²) in [5, 5.41) is 10.9. The van der Waals surface area contributed by atoms with Crippen LogP contribution in [0, 0.1) is 25.7 Å². The van der Waals surface area contributed by atoms with E-state index in [9.17, 15) is 9.90 Å². The van der Waals surface area contributed by atoms with E-state index in [2.05, 4.69) is 15.9 Å². The molecule has 3 nitrogen and oxygen atoms in total. The lowest BCUT2D eigenvalue weighted by atomic mass is 9.83. The monoisotopic (exact) mass is 380 g/mol. The minimum Gasteiger partial charge on any atom is -0.392 e. The molecule has 0 radical (unpaired) electrons. The fourth-order valence-corrected chi connectivity index (χ4v) is 5.03. The van der Waals surface area contributed by atoms with Gasteiger partial charge in [0.1, 0.15) is 5.78 Å². The van der Waals surface area contributed by atoms with Gasteiger partial charge in [-0.1, -0.05) is 15.9 Å². The average Bonchev–Trinajstić information content (AvgIpc) is 2.75. The summed E-state index contributed by atoms with van der Waals surface area (Å²) in [6.07, 6.45) is 3.01. The Balaban J connectivity index is 1.80. The summed E-state index contributed by atoms with van der Waals surface area (Å²) in [5.41, 5.74) is 3.20. The molecule has 1 N–H and O–H groups in total. The number of carbonyl (C=O) groups is 1. The SMILES string of the molecule is Cc1cc(Br)cc(C)c1C1C(=O)CC(CC2CCOCC2)C1O. The van der Waals surface area contributed by atoms with Gasteiger partial charge in [-0.05, 0) is 73.8 Å². The van der Waals surface area contributed by atoms with Crippen LogP contribution in [0.1, 0.15) is 48.3 Å². The molecule has 3 unspecified atom stereocenters. The van der Waals surface area contributed by atoms with Crippen LogP contribution in [0.4, 0.5) is 0 Å². The predicted molar refractivity (Wildman–Crippen MR) is 93.6 cm³/mol. The van der Waals surface area contributed by atoms with Crippen molar-refractivity contribution < 1.29 is 14.6 Å². The highest BCUT2D eigenvalue weighted by molar-refractivity contribution is 9.10. The maximum Gasteiger partial charge on any atom is 0.143 e. The van der Waals surface area contributed by atoms with Crippen LogP contribution in [-0.4, -0.2) is 30.2 Å². The zero-order valence-corrected chi connectivity index (χ0v) is 15.4. The summed E-state index contributed by atoms with van der Waals surface area (Å²) in [5.74, 6) is 0.524. The van der Waals surface area contributed by atoms with Crippen LogP contribution < -0.4 is 0 Å².